The van der Waals surface area contributed by atoms with Crippen LogP contribution in [-0.4, -0.2) is 19.6 Å². The molecule has 0 aliphatic carbocycles. The normalized spacial score (nSPS) is 11.1. The molecule has 0 amide bonds. The van der Waals surface area contributed by atoms with E-state index >= 15 is 0 Å². The standard InChI is InChI=1S/C14H14O4S.Na/c15-19(16,17)18-11-14(12-7-3-1-4-8-12)13-9-5-2-6-10-13;/h1-10,14H,11H2,(H,15,16,17);/q;+1/p-1. The summed E-state index contributed by atoms with van der Waals surface area (Å²) in [5, 5.41) is 0. The summed E-state index contributed by atoms with van der Waals surface area (Å²) in [7, 11) is -4.69. The van der Waals surface area contributed by atoms with Gasteiger partial charge in [-0.3, -0.25) is 4.18 Å². The number of hydrogen-bond donors (Lipinski definition) is 0. The Labute approximate surface area is 141 Å². The summed E-state index contributed by atoms with van der Waals surface area (Å²) >= 11 is 0. The van der Waals surface area contributed by atoms with Gasteiger partial charge in [0.1, 0.15) is 0 Å². The van der Waals surface area contributed by atoms with Crippen LogP contribution in [0, 0.1) is 0 Å². The molecule has 0 atom stereocenters. The van der Waals surface area contributed by atoms with E-state index in [2.05, 4.69) is 4.18 Å². The first-order valence-electron chi connectivity index (χ1n) is 5.76. The topological polar surface area (TPSA) is 66.4 Å². The van der Waals surface area contributed by atoms with E-state index in [0.717, 1.165) is 11.1 Å². The molecule has 0 saturated heterocycles. The molecule has 6 heteroatoms. The summed E-state index contributed by atoms with van der Waals surface area (Å²) in [5.41, 5.74) is 1.80. The Bertz CT molecular complexity index is 575. The van der Waals surface area contributed by atoms with Crippen molar-refractivity contribution >= 4 is 10.4 Å². The minimum Gasteiger partial charge on any atom is -0.726 e. The molecule has 2 aromatic rings. The Hall–Kier alpha value is -0.690. The second kappa shape index (κ2) is 7.93. The molecule has 20 heavy (non-hydrogen) atoms. The number of rotatable bonds is 5. The van der Waals surface area contributed by atoms with E-state index in [0.29, 0.717) is 0 Å². The van der Waals surface area contributed by atoms with Crippen molar-refractivity contribution in [2.75, 3.05) is 6.61 Å². The molecule has 0 fully saturated rings. The predicted molar refractivity (Wildman–Crippen MR) is 70.4 cm³/mol. The Morgan fingerprint density at radius 2 is 1.30 bits per heavy atom. The molecule has 100 valence electrons. The Morgan fingerprint density at radius 1 is 0.900 bits per heavy atom. The fraction of sp³-hybridized carbons (Fsp3) is 0.143. The van der Waals surface area contributed by atoms with Crippen LogP contribution in [0.3, 0.4) is 0 Å². The third-order valence-electron chi connectivity index (χ3n) is 2.78. The minimum absolute atomic E-state index is 0. The molecular formula is C14H13NaO4S. The summed E-state index contributed by atoms with van der Waals surface area (Å²) in [6.45, 7) is -0.195. The van der Waals surface area contributed by atoms with Crippen LogP contribution in [0.25, 0.3) is 0 Å². The molecule has 0 spiro atoms. The maximum Gasteiger partial charge on any atom is 1.00 e. The van der Waals surface area contributed by atoms with Crippen LogP contribution in [0.4, 0.5) is 0 Å². The fourth-order valence-corrected chi connectivity index (χ4v) is 2.21. The van der Waals surface area contributed by atoms with Gasteiger partial charge < -0.3 is 4.55 Å². The minimum atomic E-state index is -4.69. The molecule has 0 bridgehead atoms. The van der Waals surface area contributed by atoms with Gasteiger partial charge in [0.15, 0.2) is 0 Å². The van der Waals surface area contributed by atoms with Crippen molar-refractivity contribution in [2.24, 2.45) is 0 Å². The summed E-state index contributed by atoms with van der Waals surface area (Å²) in [6.07, 6.45) is 0. The van der Waals surface area contributed by atoms with Gasteiger partial charge in [0.2, 0.25) is 10.4 Å². The van der Waals surface area contributed by atoms with Gasteiger partial charge in [-0.2, -0.15) is 0 Å². The van der Waals surface area contributed by atoms with E-state index in [-0.39, 0.29) is 42.1 Å². The van der Waals surface area contributed by atoms with E-state index in [1.54, 1.807) is 0 Å². The largest absolute Gasteiger partial charge is 1.00 e. The maximum atomic E-state index is 10.6. The zero-order valence-electron chi connectivity index (χ0n) is 11.1. The third-order valence-corrected chi connectivity index (χ3v) is 3.21. The van der Waals surface area contributed by atoms with E-state index in [4.69, 9.17) is 0 Å². The van der Waals surface area contributed by atoms with Crippen molar-refractivity contribution in [1.82, 2.24) is 0 Å². The maximum absolute atomic E-state index is 10.6. The van der Waals surface area contributed by atoms with Crippen molar-refractivity contribution in [3.8, 4) is 0 Å². The average Bonchev–Trinajstić information content (AvgIpc) is 2.40. The molecule has 2 rings (SSSR count). The molecule has 2 aromatic carbocycles. The van der Waals surface area contributed by atoms with E-state index in [1.807, 2.05) is 60.7 Å². The van der Waals surface area contributed by atoms with Crippen LogP contribution >= 0.6 is 0 Å². The van der Waals surface area contributed by atoms with Crippen LogP contribution < -0.4 is 29.6 Å². The van der Waals surface area contributed by atoms with Gasteiger partial charge in [0.05, 0.1) is 6.61 Å². The molecule has 0 saturated carbocycles. The van der Waals surface area contributed by atoms with Gasteiger partial charge in [0, 0.05) is 5.92 Å². The SMILES string of the molecule is O=S(=O)([O-])OCC(c1ccccc1)c1ccccc1.[Na+]. The summed E-state index contributed by atoms with van der Waals surface area (Å²) in [5.74, 6) is -0.286. The van der Waals surface area contributed by atoms with E-state index in [9.17, 15) is 13.0 Å². The molecule has 0 heterocycles. The molecular weight excluding hydrogens is 287 g/mol. The van der Waals surface area contributed by atoms with Crippen molar-refractivity contribution in [2.45, 2.75) is 5.92 Å². The monoisotopic (exact) mass is 300 g/mol. The second-order valence-corrected chi connectivity index (χ2v) is 5.12. The zero-order chi connectivity index (χ0) is 13.7. The van der Waals surface area contributed by atoms with Crippen molar-refractivity contribution in [3.63, 3.8) is 0 Å². The van der Waals surface area contributed by atoms with Crippen LogP contribution in [-0.2, 0) is 14.6 Å². The van der Waals surface area contributed by atoms with Crippen molar-refractivity contribution < 1.29 is 46.7 Å². The van der Waals surface area contributed by atoms with Crippen LogP contribution in [0.2, 0.25) is 0 Å². The molecule has 0 N–H and O–H groups in total. The van der Waals surface area contributed by atoms with E-state index in [1.165, 1.54) is 0 Å². The Kier molecular flexibility index (Phi) is 6.88. The molecule has 0 aliphatic rings. The first-order chi connectivity index (χ1) is 9.06. The molecule has 0 aliphatic heterocycles. The third kappa shape index (κ3) is 5.36. The van der Waals surface area contributed by atoms with Crippen LogP contribution in [0.5, 0.6) is 0 Å². The number of benzene rings is 2. The van der Waals surface area contributed by atoms with Crippen LogP contribution in [0.15, 0.2) is 60.7 Å². The van der Waals surface area contributed by atoms with Gasteiger partial charge in [-0.1, -0.05) is 60.7 Å². The first kappa shape index (κ1) is 17.4. The molecule has 0 aromatic heterocycles. The van der Waals surface area contributed by atoms with Gasteiger partial charge >= 0.3 is 29.6 Å². The molecule has 4 nitrogen and oxygen atoms in total. The molecule has 0 unspecified atom stereocenters. The summed E-state index contributed by atoms with van der Waals surface area (Å²) in [6, 6.07) is 18.7. The number of hydrogen-bond acceptors (Lipinski definition) is 4. The fourth-order valence-electron chi connectivity index (χ4n) is 1.91. The Morgan fingerprint density at radius 3 is 1.65 bits per heavy atom. The van der Waals surface area contributed by atoms with Crippen molar-refractivity contribution in [1.29, 1.82) is 0 Å². The quantitative estimate of drug-likeness (QED) is 0.416. The zero-order valence-corrected chi connectivity index (χ0v) is 13.9. The van der Waals surface area contributed by atoms with Crippen LogP contribution in [0.1, 0.15) is 17.0 Å². The Balaban J connectivity index is 0.00000200. The average molecular weight is 300 g/mol. The second-order valence-electron chi connectivity index (χ2n) is 4.07. The molecule has 0 radical (unpaired) electrons. The summed E-state index contributed by atoms with van der Waals surface area (Å²) < 4.78 is 36.3. The smallest absolute Gasteiger partial charge is 0.726 e. The van der Waals surface area contributed by atoms with E-state index < -0.39 is 10.4 Å². The van der Waals surface area contributed by atoms with Gasteiger partial charge in [-0.25, -0.2) is 8.42 Å². The van der Waals surface area contributed by atoms with Gasteiger partial charge in [0.25, 0.3) is 0 Å². The van der Waals surface area contributed by atoms with Gasteiger partial charge in [-0.05, 0) is 11.1 Å². The predicted octanol–water partition coefficient (Wildman–Crippen LogP) is -0.701. The summed E-state index contributed by atoms with van der Waals surface area (Å²) in [4.78, 5) is 0. The van der Waals surface area contributed by atoms with Gasteiger partial charge in [-0.15, -0.1) is 0 Å². The van der Waals surface area contributed by atoms with Crippen molar-refractivity contribution in [3.05, 3.63) is 71.8 Å². The first-order valence-corrected chi connectivity index (χ1v) is 7.10.